The van der Waals surface area contributed by atoms with E-state index in [0.717, 1.165) is 6.42 Å². The molecule has 1 nitrogen and oxygen atoms in total. The lowest BCUT2D eigenvalue weighted by molar-refractivity contribution is 0.407. The maximum Gasteiger partial charge on any atom is 0.0325 e. The van der Waals surface area contributed by atoms with Gasteiger partial charge in [-0.15, -0.1) is 0 Å². The van der Waals surface area contributed by atoms with E-state index in [1.807, 2.05) is 0 Å². The number of hydrogen-bond donors (Lipinski definition) is 1. The lowest BCUT2D eigenvalue weighted by Gasteiger charge is -2.29. The number of benzene rings is 1. The van der Waals surface area contributed by atoms with Gasteiger partial charge in [-0.3, -0.25) is 0 Å². The molecule has 2 unspecified atom stereocenters. The number of aryl methyl sites for hydroxylation is 1. The first-order valence-electron chi connectivity index (χ1n) is 7.18. The molecule has 1 aromatic carbocycles. The Morgan fingerprint density at radius 1 is 1.32 bits per heavy atom. The maximum atomic E-state index is 3.82. The van der Waals surface area contributed by atoms with Crippen molar-refractivity contribution in [3.63, 3.8) is 0 Å². The highest BCUT2D eigenvalue weighted by Gasteiger charge is 2.20. The van der Waals surface area contributed by atoms with E-state index >= 15 is 0 Å². The number of hydrogen-bond acceptors (Lipinski definition) is 2. The molecule has 0 saturated carbocycles. The molecule has 19 heavy (non-hydrogen) atoms. The summed E-state index contributed by atoms with van der Waals surface area (Å²) < 4.78 is 0. The molecule has 0 spiro atoms. The molecule has 0 radical (unpaired) electrons. The van der Waals surface area contributed by atoms with Gasteiger partial charge >= 0.3 is 0 Å². The van der Waals surface area contributed by atoms with Crippen molar-refractivity contribution in [1.29, 1.82) is 0 Å². The van der Waals surface area contributed by atoms with Crippen molar-refractivity contribution in [2.24, 2.45) is 0 Å². The van der Waals surface area contributed by atoms with E-state index in [-0.39, 0.29) is 0 Å². The van der Waals surface area contributed by atoms with Gasteiger partial charge < -0.3 is 5.32 Å². The predicted molar refractivity (Wildman–Crippen MR) is 82.7 cm³/mol. The Bertz CT molecular complexity index is 518. The highest BCUT2D eigenvalue weighted by atomic mass is 32.1. The first-order valence-corrected chi connectivity index (χ1v) is 8.12. The molecule has 1 aromatic heterocycles. The van der Waals surface area contributed by atoms with Crippen LogP contribution in [0.1, 0.15) is 42.5 Å². The second kappa shape index (κ2) is 5.89. The molecule has 2 heteroatoms. The molecular formula is C17H21NS. The third-order valence-electron chi connectivity index (χ3n) is 3.98. The number of nitrogens with one attached hydrogen (secondary N) is 1. The normalized spacial score (nSPS) is 19.9. The van der Waals surface area contributed by atoms with Crippen molar-refractivity contribution in [1.82, 2.24) is 5.32 Å². The predicted octanol–water partition coefficient (Wildman–Crippen LogP) is 4.35. The highest BCUT2D eigenvalue weighted by Crippen LogP contribution is 2.30. The molecule has 1 N–H and O–H groups in total. The topological polar surface area (TPSA) is 12.0 Å². The van der Waals surface area contributed by atoms with E-state index in [0.29, 0.717) is 12.1 Å². The van der Waals surface area contributed by atoms with Crippen LogP contribution >= 0.6 is 11.3 Å². The van der Waals surface area contributed by atoms with E-state index in [2.05, 4.69) is 53.3 Å². The minimum absolute atomic E-state index is 0.533. The van der Waals surface area contributed by atoms with Gasteiger partial charge in [0, 0.05) is 12.1 Å². The number of fused-ring (bicyclic) bond motifs is 1. The molecular weight excluding hydrogens is 250 g/mol. The molecule has 1 aliphatic carbocycles. The average molecular weight is 271 g/mol. The lowest BCUT2D eigenvalue weighted by Crippen LogP contribution is -2.34. The van der Waals surface area contributed by atoms with Gasteiger partial charge in [-0.05, 0) is 66.1 Å². The smallest absolute Gasteiger partial charge is 0.0325 e. The van der Waals surface area contributed by atoms with Gasteiger partial charge in [0.1, 0.15) is 0 Å². The van der Waals surface area contributed by atoms with E-state index in [9.17, 15) is 0 Å². The second-order valence-electron chi connectivity index (χ2n) is 5.55. The van der Waals surface area contributed by atoms with Crippen molar-refractivity contribution in [2.75, 3.05) is 0 Å². The summed E-state index contributed by atoms with van der Waals surface area (Å²) in [4.78, 5) is 0. The molecule has 1 aliphatic rings. The second-order valence-corrected chi connectivity index (χ2v) is 6.33. The monoisotopic (exact) mass is 271 g/mol. The van der Waals surface area contributed by atoms with Crippen LogP contribution in [0.3, 0.4) is 0 Å². The minimum atomic E-state index is 0.533. The van der Waals surface area contributed by atoms with Gasteiger partial charge in [0.05, 0.1) is 0 Å². The van der Waals surface area contributed by atoms with Crippen LogP contribution in [0.5, 0.6) is 0 Å². The largest absolute Gasteiger partial charge is 0.307 e. The van der Waals surface area contributed by atoms with E-state index < -0.39 is 0 Å². The first-order chi connectivity index (χ1) is 9.33. The zero-order chi connectivity index (χ0) is 13.1. The molecule has 2 aromatic rings. The summed E-state index contributed by atoms with van der Waals surface area (Å²) >= 11 is 1.79. The van der Waals surface area contributed by atoms with Crippen LogP contribution in [0.4, 0.5) is 0 Å². The maximum absolute atomic E-state index is 3.82. The Morgan fingerprint density at radius 3 is 3.05 bits per heavy atom. The van der Waals surface area contributed by atoms with Crippen LogP contribution in [0.2, 0.25) is 0 Å². The molecule has 0 aliphatic heterocycles. The van der Waals surface area contributed by atoms with Crippen LogP contribution in [0.15, 0.2) is 41.1 Å². The Balaban J connectivity index is 1.67. The van der Waals surface area contributed by atoms with Gasteiger partial charge in [0.25, 0.3) is 0 Å². The molecule has 0 saturated heterocycles. The lowest BCUT2D eigenvalue weighted by atomic mass is 9.87. The van der Waals surface area contributed by atoms with E-state index in [4.69, 9.17) is 0 Å². The van der Waals surface area contributed by atoms with Gasteiger partial charge in [0.2, 0.25) is 0 Å². The molecule has 3 rings (SSSR count). The molecule has 2 atom stereocenters. The summed E-state index contributed by atoms with van der Waals surface area (Å²) in [6, 6.07) is 12.2. The van der Waals surface area contributed by atoms with Crippen LogP contribution in [0, 0.1) is 0 Å². The van der Waals surface area contributed by atoms with Gasteiger partial charge in [-0.1, -0.05) is 24.3 Å². The van der Waals surface area contributed by atoms with Crippen LogP contribution < -0.4 is 5.32 Å². The Morgan fingerprint density at radius 2 is 2.21 bits per heavy atom. The third-order valence-corrected chi connectivity index (χ3v) is 4.71. The summed E-state index contributed by atoms with van der Waals surface area (Å²) in [5, 5.41) is 8.24. The van der Waals surface area contributed by atoms with Crippen LogP contribution in [-0.2, 0) is 12.8 Å². The van der Waals surface area contributed by atoms with Crippen molar-refractivity contribution < 1.29 is 0 Å². The molecule has 0 amide bonds. The Labute approximate surface area is 119 Å². The fraction of sp³-hybridized carbons (Fsp3) is 0.412. The van der Waals surface area contributed by atoms with Gasteiger partial charge in [-0.25, -0.2) is 0 Å². The SMILES string of the molecule is CC(Cc1ccsc1)NC1CCCc2ccccc21. The quantitative estimate of drug-likeness (QED) is 0.872. The molecule has 1 heterocycles. The van der Waals surface area contributed by atoms with Crippen LogP contribution in [-0.4, -0.2) is 6.04 Å². The van der Waals surface area contributed by atoms with Crippen molar-refractivity contribution in [3.8, 4) is 0 Å². The zero-order valence-corrected chi connectivity index (χ0v) is 12.2. The fourth-order valence-corrected chi connectivity index (χ4v) is 3.77. The number of thiophene rings is 1. The van der Waals surface area contributed by atoms with Crippen molar-refractivity contribution in [2.45, 2.75) is 44.7 Å². The summed E-state index contributed by atoms with van der Waals surface area (Å²) in [6.07, 6.45) is 4.94. The summed E-state index contributed by atoms with van der Waals surface area (Å²) in [6.45, 7) is 2.30. The van der Waals surface area contributed by atoms with Crippen molar-refractivity contribution in [3.05, 3.63) is 57.8 Å². The first kappa shape index (κ1) is 12.9. The van der Waals surface area contributed by atoms with Crippen LogP contribution in [0.25, 0.3) is 0 Å². The Hall–Kier alpha value is -1.12. The molecule has 0 fully saturated rings. The minimum Gasteiger partial charge on any atom is -0.307 e. The summed E-state index contributed by atoms with van der Waals surface area (Å²) in [7, 11) is 0. The molecule has 0 bridgehead atoms. The number of rotatable bonds is 4. The highest BCUT2D eigenvalue weighted by molar-refractivity contribution is 7.07. The standard InChI is InChI=1S/C17H21NS/c1-13(11-14-9-10-19-12-14)18-17-8-4-6-15-5-2-3-7-16(15)17/h2-3,5,7,9-10,12-13,17-18H,4,6,8,11H2,1H3. The van der Waals surface area contributed by atoms with E-state index in [1.54, 1.807) is 11.3 Å². The van der Waals surface area contributed by atoms with Crippen molar-refractivity contribution >= 4 is 11.3 Å². The Kier molecular flexibility index (Phi) is 4.00. The zero-order valence-electron chi connectivity index (χ0n) is 11.4. The fourth-order valence-electron chi connectivity index (χ4n) is 3.09. The summed E-state index contributed by atoms with van der Waals surface area (Å²) in [5.74, 6) is 0. The van der Waals surface area contributed by atoms with E-state index in [1.165, 1.54) is 36.0 Å². The summed E-state index contributed by atoms with van der Waals surface area (Å²) in [5.41, 5.74) is 4.51. The third kappa shape index (κ3) is 3.07. The van der Waals surface area contributed by atoms with Gasteiger partial charge in [-0.2, -0.15) is 11.3 Å². The average Bonchev–Trinajstić information content (AvgIpc) is 2.92. The molecule has 100 valence electrons. The van der Waals surface area contributed by atoms with Gasteiger partial charge in [0.15, 0.2) is 0 Å².